The van der Waals surface area contributed by atoms with Crippen LogP contribution in [0.25, 0.3) is 0 Å². The van der Waals surface area contributed by atoms with Crippen molar-refractivity contribution in [2.45, 2.75) is 12.0 Å². The number of carbonyl (C=O) groups is 1. The van der Waals surface area contributed by atoms with Crippen LogP contribution in [-0.2, 0) is 4.74 Å². The second-order valence-electron chi connectivity index (χ2n) is 3.27. The highest BCUT2D eigenvalue weighted by Gasteiger charge is 2.38. The molecule has 0 bridgehead atoms. The van der Waals surface area contributed by atoms with Gasteiger partial charge in [0.1, 0.15) is 5.54 Å². The van der Waals surface area contributed by atoms with E-state index in [-0.39, 0.29) is 5.78 Å². The molecule has 1 saturated heterocycles. The van der Waals surface area contributed by atoms with E-state index in [9.17, 15) is 4.79 Å². The van der Waals surface area contributed by atoms with Gasteiger partial charge in [-0.1, -0.05) is 6.07 Å². The lowest BCUT2D eigenvalue weighted by Gasteiger charge is -2.18. The van der Waals surface area contributed by atoms with Gasteiger partial charge >= 0.3 is 0 Å². The molecular formula is C9H11NO2S. The number of thiophene rings is 1. The Hall–Kier alpha value is -0.710. The van der Waals surface area contributed by atoms with Gasteiger partial charge in [-0.2, -0.15) is 0 Å². The first-order chi connectivity index (χ1) is 6.22. The van der Waals surface area contributed by atoms with Gasteiger partial charge in [-0.3, -0.25) is 4.79 Å². The molecule has 2 rings (SSSR count). The maximum absolute atomic E-state index is 11.8. The van der Waals surface area contributed by atoms with Crippen LogP contribution in [0.1, 0.15) is 16.1 Å². The summed E-state index contributed by atoms with van der Waals surface area (Å²) in [5.41, 5.74) is 5.15. The van der Waals surface area contributed by atoms with E-state index in [4.69, 9.17) is 10.5 Å². The highest BCUT2D eigenvalue weighted by atomic mass is 32.1. The van der Waals surface area contributed by atoms with Gasteiger partial charge in [0.25, 0.3) is 0 Å². The number of carbonyl (C=O) groups excluding carboxylic acids is 1. The van der Waals surface area contributed by atoms with Crippen LogP contribution in [0.2, 0.25) is 0 Å². The molecule has 1 aromatic heterocycles. The number of rotatable bonds is 2. The van der Waals surface area contributed by atoms with Gasteiger partial charge in [0.15, 0.2) is 5.78 Å². The average Bonchev–Trinajstić information content (AvgIpc) is 2.73. The Bertz CT molecular complexity index is 301. The second-order valence-corrected chi connectivity index (χ2v) is 4.21. The van der Waals surface area contributed by atoms with Gasteiger partial charge in [-0.05, 0) is 17.9 Å². The molecule has 0 aromatic carbocycles. The summed E-state index contributed by atoms with van der Waals surface area (Å²) in [7, 11) is 0. The van der Waals surface area contributed by atoms with E-state index in [2.05, 4.69) is 0 Å². The minimum Gasteiger partial charge on any atom is -0.379 e. The molecule has 1 aliphatic heterocycles. The third-order valence-corrected chi connectivity index (χ3v) is 3.12. The summed E-state index contributed by atoms with van der Waals surface area (Å²) < 4.78 is 5.14. The topological polar surface area (TPSA) is 52.3 Å². The van der Waals surface area contributed by atoms with Crippen LogP contribution in [-0.4, -0.2) is 24.5 Å². The van der Waals surface area contributed by atoms with Crippen LogP contribution in [0, 0.1) is 0 Å². The number of ketones is 1. The van der Waals surface area contributed by atoms with Crippen molar-refractivity contribution in [2.75, 3.05) is 13.2 Å². The number of ether oxygens (including phenoxy) is 1. The van der Waals surface area contributed by atoms with E-state index in [0.29, 0.717) is 19.6 Å². The maximum Gasteiger partial charge on any atom is 0.194 e. The zero-order valence-electron chi connectivity index (χ0n) is 7.16. The van der Waals surface area contributed by atoms with E-state index in [1.807, 2.05) is 11.4 Å². The first-order valence-corrected chi connectivity index (χ1v) is 5.05. The Morgan fingerprint density at radius 3 is 3.08 bits per heavy atom. The summed E-state index contributed by atoms with van der Waals surface area (Å²) in [4.78, 5) is 12.6. The van der Waals surface area contributed by atoms with Gasteiger partial charge < -0.3 is 10.5 Å². The molecule has 1 unspecified atom stereocenters. The molecule has 70 valence electrons. The first kappa shape index (κ1) is 8.87. The van der Waals surface area contributed by atoms with E-state index in [0.717, 1.165) is 4.88 Å². The van der Waals surface area contributed by atoms with Crippen molar-refractivity contribution in [3.63, 3.8) is 0 Å². The molecule has 1 aliphatic rings. The lowest BCUT2D eigenvalue weighted by molar-refractivity contribution is 0.0867. The molecule has 1 fully saturated rings. The van der Waals surface area contributed by atoms with Crippen LogP contribution in [0.5, 0.6) is 0 Å². The van der Waals surface area contributed by atoms with Crippen molar-refractivity contribution >= 4 is 17.1 Å². The number of Topliss-reactive ketones (excluding diaryl/α,β-unsaturated/α-hetero) is 1. The second kappa shape index (κ2) is 3.21. The minimum absolute atomic E-state index is 0.0139. The van der Waals surface area contributed by atoms with Gasteiger partial charge in [-0.25, -0.2) is 0 Å². The highest BCUT2D eigenvalue weighted by Crippen LogP contribution is 2.23. The maximum atomic E-state index is 11.8. The zero-order chi connectivity index (χ0) is 9.31. The Balaban J connectivity index is 2.21. The van der Waals surface area contributed by atoms with Crippen molar-refractivity contribution in [1.29, 1.82) is 0 Å². The summed E-state index contributed by atoms with van der Waals surface area (Å²) in [6.45, 7) is 0.942. The molecule has 0 radical (unpaired) electrons. The fourth-order valence-corrected chi connectivity index (χ4v) is 2.18. The molecule has 0 spiro atoms. The summed E-state index contributed by atoms with van der Waals surface area (Å²) in [6.07, 6.45) is 0.629. The monoisotopic (exact) mass is 197 g/mol. The number of hydrogen-bond donors (Lipinski definition) is 1. The number of nitrogens with two attached hydrogens (primary N) is 1. The van der Waals surface area contributed by atoms with E-state index < -0.39 is 5.54 Å². The molecule has 1 aromatic rings. The Morgan fingerprint density at radius 2 is 2.54 bits per heavy atom. The van der Waals surface area contributed by atoms with Crippen molar-refractivity contribution in [2.24, 2.45) is 5.73 Å². The molecule has 2 heterocycles. The highest BCUT2D eigenvalue weighted by molar-refractivity contribution is 7.12. The van der Waals surface area contributed by atoms with Gasteiger partial charge in [0.05, 0.1) is 11.5 Å². The van der Waals surface area contributed by atoms with Crippen molar-refractivity contribution in [1.82, 2.24) is 0 Å². The molecule has 13 heavy (non-hydrogen) atoms. The minimum atomic E-state index is -0.773. The summed E-state index contributed by atoms with van der Waals surface area (Å²) in [5.74, 6) is 0.0139. The van der Waals surface area contributed by atoms with Gasteiger partial charge in [-0.15, -0.1) is 11.3 Å². The van der Waals surface area contributed by atoms with Gasteiger partial charge in [0.2, 0.25) is 0 Å². The van der Waals surface area contributed by atoms with Gasteiger partial charge in [0, 0.05) is 6.61 Å². The van der Waals surface area contributed by atoms with Crippen LogP contribution < -0.4 is 5.73 Å². The van der Waals surface area contributed by atoms with E-state index in [1.165, 1.54) is 11.3 Å². The van der Waals surface area contributed by atoms with Crippen LogP contribution in [0.4, 0.5) is 0 Å². The van der Waals surface area contributed by atoms with E-state index >= 15 is 0 Å². The lowest BCUT2D eigenvalue weighted by Crippen LogP contribution is -2.48. The molecule has 1 atom stereocenters. The molecular weight excluding hydrogens is 186 g/mol. The Morgan fingerprint density at radius 1 is 1.69 bits per heavy atom. The fourth-order valence-electron chi connectivity index (χ4n) is 1.41. The Labute approximate surface area is 80.5 Å². The Kier molecular flexibility index (Phi) is 2.19. The standard InChI is InChI=1S/C9H11NO2S/c10-9(3-4-12-6-9)8(11)7-2-1-5-13-7/h1-2,5H,3-4,6,10H2. The predicted molar refractivity (Wildman–Crippen MR) is 51.0 cm³/mol. The fraction of sp³-hybridized carbons (Fsp3) is 0.444. The molecule has 2 N–H and O–H groups in total. The molecule has 0 saturated carbocycles. The molecule has 3 nitrogen and oxygen atoms in total. The normalized spacial score (nSPS) is 27.8. The lowest BCUT2D eigenvalue weighted by atomic mass is 9.93. The quantitative estimate of drug-likeness (QED) is 0.721. The largest absolute Gasteiger partial charge is 0.379 e. The average molecular weight is 197 g/mol. The summed E-state index contributed by atoms with van der Waals surface area (Å²) in [6, 6.07) is 3.66. The zero-order valence-corrected chi connectivity index (χ0v) is 7.97. The number of hydrogen-bond acceptors (Lipinski definition) is 4. The van der Waals surface area contributed by atoms with E-state index in [1.54, 1.807) is 6.07 Å². The summed E-state index contributed by atoms with van der Waals surface area (Å²) in [5, 5.41) is 1.88. The van der Waals surface area contributed by atoms with Crippen LogP contribution in [0.3, 0.4) is 0 Å². The third-order valence-electron chi connectivity index (χ3n) is 2.25. The predicted octanol–water partition coefficient (Wildman–Crippen LogP) is 1.05. The van der Waals surface area contributed by atoms with Crippen molar-refractivity contribution in [3.8, 4) is 0 Å². The van der Waals surface area contributed by atoms with Crippen molar-refractivity contribution < 1.29 is 9.53 Å². The van der Waals surface area contributed by atoms with Crippen molar-refractivity contribution in [3.05, 3.63) is 22.4 Å². The van der Waals surface area contributed by atoms with Crippen LogP contribution in [0.15, 0.2) is 17.5 Å². The SMILES string of the molecule is NC1(C(=O)c2cccs2)CCOC1. The molecule has 0 aliphatic carbocycles. The summed E-state index contributed by atoms with van der Waals surface area (Å²) >= 11 is 1.43. The first-order valence-electron chi connectivity index (χ1n) is 4.17. The molecule has 4 heteroatoms. The smallest absolute Gasteiger partial charge is 0.194 e. The van der Waals surface area contributed by atoms with Crippen LogP contribution >= 0.6 is 11.3 Å². The molecule has 0 amide bonds. The third kappa shape index (κ3) is 1.52.